The van der Waals surface area contributed by atoms with Crippen molar-refractivity contribution in [3.8, 4) is 0 Å². The number of thiophene rings is 1. The van der Waals surface area contributed by atoms with Crippen molar-refractivity contribution in [3.63, 3.8) is 0 Å². The van der Waals surface area contributed by atoms with Gasteiger partial charge in [-0.3, -0.25) is 10.1 Å². The van der Waals surface area contributed by atoms with Gasteiger partial charge in [0.25, 0.3) is 0 Å². The zero-order chi connectivity index (χ0) is 13.7. The van der Waals surface area contributed by atoms with Crippen molar-refractivity contribution in [2.45, 2.75) is 25.4 Å². The number of carboxylic acid groups (broad SMARTS) is 1. The Morgan fingerprint density at radius 3 is 2.63 bits per heavy atom. The second kappa shape index (κ2) is 6.50. The summed E-state index contributed by atoms with van der Waals surface area (Å²) in [4.78, 5) is 11.4. The van der Waals surface area contributed by atoms with E-state index in [4.69, 9.17) is 0 Å². The molecule has 1 aromatic heterocycles. The van der Waals surface area contributed by atoms with Gasteiger partial charge in [0.2, 0.25) is 0 Å². The topological polar surface area (TPSA) is 49.3 Å². The minimum Gasteiger partial charge on any atom is -0.480 e. The van der Waals surface area contributed by atoms with E-state index in [9.17, 15) is 9.90 Å². The Balaban J connectivity index is 2.03. The van der Waals surface area contributed by atoms with Crippen LogP contribution >= 0.6 is 11.3 Å². The van der Waals surface area contributed by atoms with Gasteiger partial charge in [-0.05, 0) is 41.3 Å². The molecule has 2 unspecified atom stereocenters. The molecule has 0 aliphatic rings. The van der Waals surface area contributed by atoms with Crippen LogP contribution in [-0.2, 0) is 11.2 Å². The van der Waals surface area contributed by atoms with Crippen LogP contribution in [0.3, 0.4) is 0 Å². The fourth-order valence-corrected chi connectivity index (χ4v) is 2.74. The van der Waals surface area contributed by atoms with Gasteiger partial charge >= 0.3 is 5.97 Å². The van der Waals surface area contributed by atoms with Crippen LogP contribution in [0.25, 0.3) is 0 Å². The van der Waals surface area contributed by atoms with Crippen LogP contribution in [0.5, 0.6) is 0 Å². The average Bonchev–Trinajstić information content (AvgIpc) is 2.89. The smallest absolute Gasteiger partial charge is 0.325 e. The summed E-state index contributed by atoms with van der Waals surface area (Å²) in [5, 5.41) is 16.6. The standard InChI is InChI=1S/C15H17NO2S/c1-11(9-12-7-8-19-10-12)16-14(15(17)18)13-5-3-2-4-6-13/h2-8,10-11,14,16H,9H2,1H3,(H,17,18). The van der Waals surface area contributed by atoms with Crippen LogP contribution in [0, 0.1) is 0 Å². The fraction of sp³-hybridized carbons (Fsp3) is 0.267. The molecule has 0 fully saturated rings. The normalized spacial score (nSPS) is 13.9. The minimum absolute atomic E-state index is 0.107. The molecule has 2 rings (SSSR count). The summed E-state index contributed by atoms with van der Waals surface area (Å²) >= 11 is 1.66. The summed E-state index contributed by atoms with van der Waals surface area (Å²) in [6.45, 7) is 2.01. The van der Waals surface area contributed by atoms with Crippen LogP contribution in [0.15, 0.2) is 47.2 Å². The molecule has 19 heavy (non-hydrogen) atoms. The maximum Gasteiger partial charge on any atom is 0.325 e. The van der Waals surface area contributed by atoms with E-state index in [1.165, 1.54) is 5.56 Å². The van der Waals surface area contributed by atoms with Crippen molar-refractivity contribution < 1.29 is 9.90 Å². The molecule has 2 aromatic rings. The lowest BCUT2D eigenvalue weighted by Crippen LogP contribution is -2.36. The van der Waals surface area contributed by atoms with Crippen molar-refractivity contribution in [3.05, 3.63) is 58.3 Å². The Morgan fingerprint density at radius 1 is 1.32 bits per heavy atom. The second-order valence-corrected chi connectivity index (χ2v) is 5.37. The number of hydrogen-bond acceptors (Lipinski definition) is 3. The maximum atomic E-state index is 11.4. The summed E-state index contributed by atoms with van der Waals surface area (Å²) in [5.74, 6) is -0.844. The molecule has 0 saturated heterocycles. The van der Waals surface area contributed by atoms with Gasteiger partial charge in [0.05, 0.1) is 0 Å². The van der Waals surface area contributed by atoms with Gasteiger partial charge in [-0.25, -0.2) is 0 Å². The molecule has 0 aliphatic heterocycles. The van der Waals surface area contributed by atoms with Gasteiger partial charge < -0.3 is 5.11 Å². The van der Waals surface area contributed by atoms with Crippen LogP contribution < -0.4 is 5.32 Å². The molecule has 100 valence electrons. The average molecular weight is 275 g/mol. The molecular formula is C15H17NO2S. The largest absolute Gasteiger partial charge is 0.480 e. The van der Waals surface area contributed by atoms with E-state index < -0.39 is 12.0 Å². The highest BCUT2D eigenvalue weighted by Crippen LogP contribution is 2.15. The van der Waals surface area contributed by atoms with Crippen molar-refractivity contribution in [1.29, 1.82) is 0 Å². The lowest BCUT2D eigenvalue weighted by atomic mass is 10.0. The van der Waals surface area contributed by atoms with E-state index in [1.807, 2.05) is 42.6 Å². The Morgan fingerprint density at radius 2 is 2.05 bits per heavy atom. The predicted octanol–water partition coefficient (Wildman–Crippen LogP) is 3.09. The van der Waals surface area contributed by atoms with E-state index in [0.717, 1.165) is 12.0 Å². The van der Waals surface area contributed by atoms with Crippen molar-refractivity contribution in [2.24, 2.45) is 0 Å². The first-order valence-corrected chi connectivity index (χ1v) is 7.16. The molecular weight excluding hydrogens is 258 g/mol. The van der Waals surface area contributed by atoms with Gasteiger partial charge in [0, 0.05) is 6.04 Å². The number of aliphatic carboxylic acids is 1. The van der Waals surface area contributed by atoms with Gasteiger partial charge in [0.1, 0.15) is 6.04 Å². The third-order valence-corrected chi connectivity index (χ3v) is 3.69. The van der Waals surface area contributed by atoms with Crippen LogP contribution in [0.4, 0.5) is 0 Å². The molecule has 4 heteroatoms. The van der Waals surface area contributed by atoms with E-state index in [-0.39, 0.29) is 6.04 Å². The van der Waals surface area contributed by atoms with Crippen molar-refractivity contribution in [2.75, 3.05) is 0 Å². The first kappa shape index (κ1) is 13.8. The van der Waals surface area contributed by atoms with Crippen LogP contribution in [-0.4, -0.2) is 17.1 Å². The quantitative estimate of drug-likeness (QED) is 0.851. The first-order chi connectivity index (χ1) is 9.16. The van der Waals surface area contributed by atoms with Gasteiger partial charge in [-0.2, -0.15) is 11.3 Å². The molecule has 0 saturated carbocycles. The molecule has 1 aromatic carbocycles. The number of hydrogen-bond donors (Lipinski definition) is 2. The molecule has 2 atom stereocenters. The maximum absolute atomic E-state index is 11.4. The van der Waals surface area contributed by atoms with Gasteiger partial charge in [0.15, 0.2) is 0 Å². The second-order valence-electron chi connectivity index (χ2n) is 4.59. The van der Waals surface area contributed by atoms with Gasteiger partial charge in [-0.1, -0.05) is 30.3 Å². The Hall–Kier alpha value is -1.65. The van der Waals surface area contributed by atoms with E-state index in [0.29, 0.717) is 0 Å². The third-order valence-electron chi connectivity index (χ3n) is 2.95. The highest BCUT2D eigenvalue weighted by molar-refractivity contribution is 7.07. The predicted molar refractivity (Wildman–Crippen MR) is 77.4 cm³/mol. The zero-order valence-electron chi connectivity index (χ0n) is 10.7. The lowest BCUT2D eigenvalue weighted by Gasteiger charge is -2.20. The van der Waals surface area contributed by atoms with Crippen LogP contribution in [0.2, 0.25) is 0 Å². The zero-order valence-corrected chi connectivity index (χ0v) is 11.6. The monoisotopic (exact) mass is 275 g/mol. The number of rotatable bonds is 6. The van der Waals surface area contributed by atoms with E-state index >= 15 is 0 Å². The summed E-state index contributed by atoms with van der Waals surface area (Å²) < 4.78 is 0. The summed E-state index contributed by atoms with van der Waals surface area (Å²) in [7, 11) is 0. The Kier molecular flexibility index (Phi) is 4.71. The molecule has 0 radical (unpaired) electrons. The molecule has 0 aliphatic carbocycles. The Labute approximate surface area is 116 Å². The highest BCUT2D eigenvalue weighted by Gasteiger charge is 2.21. The molecule has 3 nitrogen and oxygen atoms in total. The fourth-order valence-electron chi connectivity index (χ4n) is 2.06. The number of nitrogens with one attached hydrogen (secondary N) is 1. The third kappa shape index (κ3) is 3.91. The van der Waals surface area contributed by atoms with Crippen molar-refractivity contribution >= 4 is 17.3 Å². The number of benzene rings is 1. The lowest BCUT2D eigenvalue weighted by molar-refractivity contribution is -0.139. The summed E-state index contributed by atoms with van der Waals surface area (Å²) in [6.07, 6.45) is 0.833. The molecule has 1 heterocycles. The molecule has 0 bridgehead atoms. The highest BCUT2D eigenvalue weighted by atomic mass is 32.1. The first-order valence-electron chi connectivity index (χ1n) is 6.21. The summed E-state index contributed by atoms with van der Waals surface area (Å²) in [5.41, 5.74) is 2.02. The molecule has 0 amide bonds. The minimum atomic E-state index is -0.844. The van der Waals surface area contributed by atoms with E-state index in [2.05, 4.69) is 16.8 Å². The van der Waals surface area contributed by atoms with E-state index in [1.54, 1.807) is 11.3 Å². The van der Waals surface area contributed by atoms with Crippen LogP contribution in [0.1, 0.15) is 24.1 Å². The number of carboxylic acids is 1. The molecule has 0 spiro atoms. The van der Waals surface area contributed by atoms with Gasteiger partial charge in [-0.15, -0.1) is 0 Å². The molecule has 2 N–H and O–H groups in total. The number of carbonyl (C=O) groups is 1. The van der Waals surface area contributed by atoms with Crippen molar-refractivity contribution in [1.82, 2.24) is 5.32 Å². The Bertz CT molecular complexity index is 510. The SMILES string of the molecule is CC(Cc1ccsc1)NC(C(=O)O)c1ccccc1. The summed E-state index contributed by atoms with van der Waals surface area (Å²) in [6, 6.07) is 10.8.